The highest BCUT2D eigenvalue weighted by Crippen LogP contribution is 2.47. The lowest BCUT2D eigenvalue weighted by atomic mass is 9.77. The number of aliphatic hydroxyl groups is 1. The van der Waals surface area contributed by atoms with Crippen molar-refractivity contribution < 1.29 is 5.11 Å². The molecule has 0 spiro atoms. The van der Waals surface area contributed by atoms with Crippen molar-refractivity contribution >= 4 is 23.5 Å². The molecular weight excluding hydrogens is 272 g/mol. The summed E-state index contributed by atoms with van der Waals surface area (Å²) in [5, 5.41) is 10.9. The summed E-state index contributed by atoms with van der Waals surface area (Å²) >= 11 is 3.96. The molecule has 1 nitrogen and oxygen atoms in total. The molecule has 2 aliphatic rings. The summed E-state index contributed by atoms with van der Waals surface area (Å²) in [6.45, 7) is 0. The van der Waals surface area contributed by atoms with Gasteiger partial charge in [0.2, 0.25) is 0 Å². The van der Waals surface area contributed by atoms with Crippen LogP contribution in [0.25, 0.3) is 0 Å². The van der Waals surface area contributed by atoms with Crippen LogP contribution in [0, 0.1) is 0 Å². The summed E-state index contributed by atoms with van der Waals surface area (Å²) in [6, 6.07) is 10.8. The number of hydrogen-bond acceptors (Lipinski definition) is 3. The Labute approximate surface area is 124 Å². The molecule has 1 N–H and O–H groups in total. The first-order valence-electron chi connectivity index (χ1n) is 7.28. The summed E-state index contributed by atoms with van der Waals surface area (Å²) in [5.41, 5.74) is 1.04. The smallest absolute Gasteiger partial charge is 0.0857 e. The van der Waals surface area contributed by atoms with Gasteiger partial charge in [-0.1, -0.05) is 30.3 Å². The van der Waals surface area contributed by atoms with Crippen molar-refractivity contribution in [2.45, 2.75) is 48.2 Å². The Kier molecular flexibility index (Phi) is 4.45. The Morgan fingerprint density at radius 3 is 2.26 bits per heavy atom. The molecule has 3 rings (SSSR count). The van der Waals surface area contributed by atoms with Gasteiger partial charge >= 0.3 is 0 Å². The summed E-state index contributed by atoms with van der Waals surface area (Å²) in [7, 11) is 0. The third-order valence-electron chi connectivity index (χ3n) is 4.39. The highest BCUT2D eigenvalue weighted by molar-refractivity contribution is 8.17. The molecule has 2 fully saturated rings. The lowest BCUT2D eigenvalue weighted by molar-refractivity contribution is 0.0146. The highest BCUT2D eigenvalue weighted by Gasteiger charge is 2.41. The fraction of sp³-hybridized carbons (Fsp3) is 0.625. The van der Waals surface area contributed by atoms with Crippen LogP contribution in [0.2, 0.25) is 0 Å². The summed E-state index contributed by atoms with van der Waals surface area (Å²) in [6.07, 6.45) is 5.51. The van der Waals surface area contributed by atoms with Crippen molar-refractivity contribution in [2.75, 3.05) is 11.5 Å². The standard InChI is InChI=1S/C16H22OS2/c17-16(15-18-11-4-12-19-15)9-7-14(8-10-16)13-5-2-1-3-6-13/h1-3,5-6,14-15,17H,4,7-12H2. The van der Waals surface area contributed by atoms with Crippen LogP contribution in [0.5, 0.6) is 0 Å². The SMILES string of the molecule is OC1(C2SCCCS2)CCC(c2ccccc2)CC1. The van der Waals surface area contributed by atoms with Crippen LogP contribution >= 0.6 is 23.5 Å². The van der Waals surface area contributed by atoms with Crippen LogP contribution in [0.3, 0.4) is 0 Å². The maximum atomic E-state index is 10.9. The lowest BCUT2D eigenvalue weighted by Crippen LogP contribution is -2.43. The van der Waals surface area contributed by atoms with Gasteiger partial charge in [0.1, 0.15) is 0 Å². The van der Waals surface area contributed by atoms with Crippen LogP contribution in [0.15, 0.2) is 30.3 Å². The summed E-state index contributed by atoms with van der Waals surface area (Å²) in [4.78, 5) is 0. The molecule has 19 heavy (non-hydrogen) atoms. The van der Waals surface area contributed by atoms with Gasteiger partial charge in [0.15, 0.2) is 0 Å². The van der Waals surface area contributed by atoms with Crippen LogP contribution < -0.4 is 0 Å². The Morgan fingerprint density at radius 1 is 1.00 bits per heavy atom. The van der Waals surface area contributed by atoms with Crippen molar-refractivity contribution in [3.05, 3.63) is 35.9 Å². The van der Waals surface area contributed by atoms with Crippen LogP contribution in [0.1, 0.15) is 43.6 Å². The van der Waals surface area contributed by atoms with E-state index in [1.54, 1.807) is 0 Å². The van der Waals surface area contributed by atoms with Crippen molar-refractivity contribution in [2.24, 2.45) is 0 Å². The van der Waals surface area contributed by atoms with Gasteiger partial charge in [-0.05, 0) is 55.1 Å². The highest BCUT2D eigenvalue weighted by atomic mass is 32.2. The maximum Gasteiger partial charge on any atom is 0.0857 e. The second-order valence-electron chi connectivity index (χ2n) is 5.72. The third kappa shape index (κ3) is 3.14. The number of benzene rings is 1. The minimum atomic E-state index is -0.416. The average molecular weight is 294 g/mol. The number of thioether (sulfide) groups is 2. The van der Waals surface area contributed by atoms with Gasteiger partial charge in [-0.25, -0.2) is 0 Å². The largest absolute Gasteiger partial charge is 0.388 e. The van der Waals surface area contributed by atoms with Crippen molar-refractivity contribution in [3.63, 3.8) is 0 Å². The van der Waals surface area contributed by atoms with Crippen LogP contribution in [-0.4, -0.2) is 26.8 Å². The van der Waals surface area contributed by atoms with E-state index in [2.05, 4.69) is 30.3 Å². The van der Waals surface area contributed by atoms with E-state index in [0.29, 0.717) is 10.5 Å². The molecule has 0 bridgehead atoms. The molecule has 1 aromatic rings. The zero-order valence-electron chi connectivity index (χ0n) is 11.3. The van der Waals surface area contributed by atoms with Gasteiger partial charge in [-0.2, -0.15) is 0 Å². The van der Waals surface area contributed by atoms with Gasteiger partial charge in [0.05, 0.1) is 10.2 Å². The molecule has 1 heterocycles. The topological polar surface area (TPSA) is 20.2 Å². The van der Waals surface area contributed by atoms with Gasteiger partial charge in [0.25, 0.3) is 0 Å². The minimum Gasteiger partial charge on any atom is -0.388 e. The van der Waals surface area contributed by atoms with E-state index in [4.69, 9.17) is 0 Å². The first kappa shape index (κ1) is 13.8. The van der Waals surface area contributed by atoms with Crippen LogP contribution in [-0.2, 0) is 0 Å². The van der Waals surface area contributed by atoms with E-state index in [1.165, 1.54) is 23.5 Å². The predicted octanol–water partition coefficient (Wildman–Crippen LogP) is 4.27. The van der Waals surface area contributed by atoms with E-state index in [1.807, 2.05) is 23.5 Å². The van der Waals surface area contributed by atoms with Gasteiger partial charge in [-0.3, -0.25) is 0 Å². The fourth-order valence-corrected chi connectivity index (χ4v) is 6.50. The Bertz CT molecular complexity index is 392. The molecule has 0 unspecified atom stereocenters. The average Bonchev–Trinajstić information content (AvgIpc) is 2.50. The van der Waals surface area contributed by atoms with E-state index in [0.717, 1.165) is 25.7 Å². The van der Waals surface area contributed by atoms with Gasteiger partial charge < -0.3 is 5.11 Å². The first-order valence-corrected chi connectivity index (χ1v) is 9.38. The van der Waals surface area contributed by atoms with Crippen LogP contribution in [0.4, 0.5) is 0 Å². The lowest BCUT2D eigenvalue weighted by Gasteiger charge is -2.42. The zero-order valence-corrected chi connectivity index (χ0v) is 12.9. The zero-order chi connectivity index (χ0) is 13.1. The molecule has 1 saturated heterocycles. The fourth-order valence-electron chi connectivity index (χ4n) is 3.21. The van der Waals surface area contributed by atoms with Crippen molar-refractivity contribution in [1.82, 2.24) is 0 Å². The molecule has 0 aromatic heterocycles. The molecular formula is C16H22OS2. The van der Waals surface area contributed by atoms with E-state index >= 15 is 0 Å². The van der Waals surface area contributed by atoms with Gasteiger partial charge in [0, 0.05) is 0 Å². The Hall–Kier alpha value is -0.120. The third-order valence-corrected chi connectivity index (χ3v) is 7.74. The molecule has 0 radical (unpaired) electrons. The van der Waals surface area contributed by atoms with E-state index < -0.39 is 5.60 Å². The van der Waals surface area contributed by atoms with E-state index in [-0.39, 0.29) is 0 Å². The molecule has 104 valence electrons. The van der Waals surface area contributed by atoms with Crippen molar-refractivity contribution in [1.29, 1.82) is 0 Å². The minimum absolute atomic E-state index is 0.415. The second kappa shape index (κ2) is 6.11. The molecule has 1 aliphatic carbocycles. The van der Waals surface area contributed by atoms with E-state index in [9.17, 15) is 5.11 Å². The summed E-state index contributed by atoms with van der Waals surface area (Å²) < 4.78 is 0.415. The molecule has 1 saturated carbocycles. The normalized spacial score (nSPS) is 33.2. The maximum absolute atomic E-state index is 10.9. The molecule has 0 atom stereocenters. The number of hydrogen-bond donors (Lipinski definition) is 1. The quantitative estimate of drug-likeness (QED) is 0.879. The molecule has 1 aromatic carbocycles. The molecule has 0 amide bonds. The number of rotatable bonds is 2. The Morgan fingerprint density at radius 2 is 1.63 bits per heavy atom. The monoisotopic (exact) mass is 294 g/mol. The molecule has 1 aliphatic heterocycles. The van der Waals surface area contributed by atoms with Gasteiger partial charge in [-0.15, -0.1) is 23.5 Å². The second-order valence-corrected chi connectivity index (χ2v) is 8.44. The predicted molar refractivity (Wildman–Crippen MR) is 85.9 cm³/mol. The first-order chi connectivity index (χ1) is 9.28. The summed E-state index contributed by atoms with van der Waals surface area (Å²) in [5.74, 6) is 3.10. The Balaban J connectivity index is 1.62. The van der Waals surface area contributed by atoms with Crippen molar-refractivity contribution in [3.8, 4) is 0 Å². The molecule has 3 heteroatoms.